The molecule has 0 unspecified atom stereocenters. The van der Waals surface area contributed by atoms with Crippen LogP contribution in [0.1, 0.15) is 38.8 Å². The van der Waals surface area contributed by atoms with Crippen molar-refractivity contribution in [2.45, 2.75) is 38.5 Å². The van der Waals surface area contributed by atoms with E-state index < -0.39 is 0 Å². The molecule has 2 heteroatoms. The Bertz CT molecular complexity index is 1080. The van der Waals surface area contributed by atoms with Gasteiger partial charge in [-0.1, -0.05) is 80.6 Å². The monoisotopic (exact) mass is 381 g/mol. The van der Waals surface area contributed by atoms with Crippen molar-refractivity contribution in [1.29, 1.82) is 0 Å². The van der Waals surface area contributed by atoms with Crippen LogP contribution in [0.3, 0.4) is 0 Å². The van der Waals surface area contributed by atoms with E-state index in [0.29, 0.717) is 0 Å². The summed E-state index contributed by atoms with van der Waals surface area (Å²) in [5.41, 5.74) is 7.59. The van der Waals surface area contributed by atoms with Gasteiger partial charge in [-0.3, -0.25) is 0 Å². The van der Waals surface area contributed by atoms with Crippen LogP contribution in [0.5, 0.6) is 0 Å². The summed E-state index contributed by atoms with van der Waals surface area (Å²) >= 11 is 0. The molecule has 146 valence electrons. The number of nitrogens with one attached hydrogen (secondary N) is 2. The Labute approximate surface area is 174 Å². The highest BCUT2D eigenvalue weighted by Gasteiger charge is 2.39. The van der Waals surface area contributed by atoms with Crippen molar-refractivity contribution in [3.8, 4) is 0 Å². The molecule has 2 aromatic rings. The molecule has 2 nitrogen and oxygen atoms in total. The van der Waals surface area contributed by atoms with Crippen LogP contribution in [0, 0.1) is 0 Å². The van der Waals surface area contributed by atoms with E-state index in [2.05, 4.69) is 129 Å². The van der Waals surface area contributed by atoms with Crippen molar-refractivity contribution in [2.75, 3.05) is 5.32 Å². The van der Waals surface area contributed by atoms with Crippen LogP contribution in [0.4, 0.5) is 11.4 Å². The molecule has 2 aromatic carbocycles. The summed E-state index contributed by atoms with van der Waals surface area (Å²) in [4.78, 5) is 3.54. The third kappa shape index (κ3) is 3.51. The van der Waals surface area contributed by atoms with Crippen molar-refractivity contribution < 1.29 is 4.99 Å². The number of rotatable bonds is 4. The Morgan fingerprint density at radius 2 is 1.38 bits per heavy atom. The lowest BCUT2D eigenvalue weighted by atomic mass is 9.81. The summed E-state index contributed by atoms with van der Waals surface area (Å²) in [6.07, 6.45) is 14.7. The van der Waals surface area contributed by atoms with Gasteiger partial charge in [0.2, 0.25) is 5.69 Å². The number of anilines is 1. The maximum Gasteiger partial charge on any atom is 0.208 e. The van der Waals surface area contributed by atoms with Gasteiger partial charge in [-0.05, 0) is 31.6 Å². The van der Waals surface area contributed by atoms with Gasteiger partial charge < -0.3 is 5.32 Å². The molecule has 0 radical (unpaired) electrons. The molecule has 2 aliphatic rings. The van der Waals surface area contributed by atoms with Gasteiger partial charge in [0.15, 0.2) is 5.71 Å². The Hall–Kier alpha value is -3.13. The number of hydrogen-bond donors (Lipinski definition) is 2. The van der Waals surface area contributed by atoms with Crippen LogP contribution in [0.2, 0.25) is 0 Å². The zero-order chi connectivity index (χ0) is 20.5. The van der Waals surface area contributed by atoms with Crippen LogP contribution >= 0.6 is 0 Å². The number of benzene rings is 2. The molecular formula is C27H29N2+. The lowest BCUT2D eigenvalue weighted by Crippen LogP contribution is -2.65. The Morgan fingerprint density at radius 1 is 0.724 bits per heavy atom. The van der Waals surface area contributed by atoms with Crippen molar-refractivity contribution >= 4 is 17.1 Å². The second-order valence-corrected chi connectivity index (χ2v) is 8.71. The van der Waals surface area contributed by atoms with Crippen molar-refractivity contribution in [1.82, 2.24) is 0 Å². The van der Waals surface area contributed by atoms with E-state index in [4.69, 9.17) is 0 Å². The minimum Gasteiger partial charge on any atom is -0.358 e. The largest absolute Gasteiger partial charge is 0.358 e. The van der Waals surface area contributed by atoms with Gasteiger partial charge in [0.1, 0.15) is 0 Å². The SMILES string of the molecule is CC1(C)C(/C=C/C=C/C=C/C=C2/Nc3ccccc3C2(C)C)=[NH+]c2ccccc21. The summed E-state index contributed by atoms with van der Waals surface area (Å²) in [7, 11) is 0. The lowest BCUT2D eigenvalue weighted by Gasteiger charge is -2.19. The fourth-order valence-electron chi connectivity index (χ4n) is 4.16. The molecule has 29 heavy (non-hydrogen) atoms. The summed E-state index contributed by atoms with van der Waals surface area (Å²) in [6.45, 7) is 9.04. The van der Waals surface area contributed by atoms with E-state index in [0.717, 1.165) is 0 Å². The van der Waals surface area contributed by atoms with Crippen LogP contribution in [0.25, 0.3) is 0 Å². The molecule has 0 atom stereocenters. The average Bonchev–Trinajstić information content (AvgIpc) is 3.11. The minimum atomic E-state index is 0.00984. The number of fused-ring (bicyclic) bond motifs is 2. The maximum absolute atomic E-state index is 3.54. The molecule has 0 aromatic heterocycles. The van der Waals surface area contributed by atoms with Gasteiger partial charge in [0, 0.05) is 34.5 Å². The Kier molecular flexibility index (Phi) is 4.87. The predicted molar refractivity (Wildman–Crippen MR) is 124 cm³/mol. The van der Waals surface area contributed by atoms with Crippen LogP contribution in [-0.4, -0.2) is 5.71 Å². The molecule has 0 amide bonds. The molecule has 2 N–H and O–H groups in total. The van der Waals surface area contributed by atoms with Gasteiger partial charge in [-0.2, -0.15) is 0 Å². The maximum atomic E-state index is 3.54. The molecule has 0 saturated carbocycles. The van der Waals surface area contributed by atoms with Gasteiger partial charge in [-0.15, -0.1) is 0 Å². The smallest absolute Gasteiger partial charge is 0.208 e. The zero-order valence-electron chi connectivity index (χ0n) is 17.7. The minimum absolute atomic E-state index is 0.00984. The molecule has 2 aliphatic heterocycles. The Morgan fingerprint density at radius 3 is 2.14 bits per heavy atom. The van der Waals surface area contributed by atoms with E-state index in [-0.39, 0.29) is 10.8 Å². The Balaban J connectivity index is 1.40. The van der Waals surface area contributed by atoms with E-state index in [9.17, 15) is 0 Å². The summed E-state index contributed by atoms with van der Waals surface area (Å²) in [5.74, 6) is 0. The van der Waals surface area contributed by atoms with Crippen LogP contribution in [0.15, 0.2) is 96.8 Å². The molecule has 2 heterocycles. The molecule has 0 fully saturated rings. The molecule has 0 saturated heterocycles. The van der Waals surface area contributed by atoms with Crippen LogP contribution < -0.4 is 10.3 Å². The van der Waals surface area contributed by atoms with Gasteiger partial charge in [0.05, 0.1) is 5.41 Å². The predicted octanol–water partition coefficient (Wildman–Crippen LogP) is 5.09. The first-order valence-corrected chi connectivity index (χ1v) is 10.2. The van der Waals surface area contributed by atoms with Crippen molar-refractivity contribution in [3.05, 3.63) is 108 Å². The molecule has 0 bridgehead atoms. The van der Waals surface area contributed by atoms with E-state index in [1.54, 1.807) is 0 Å². The average molecular weight is 382 g/mol. The van der Waals surface area contributed by atoms with Gasteiger partial charge >= 0.3 is 0 Å². The summed E-state index contributed by atoms with van der Waals surface area (Å²) in [6, 6.07) is 17.0. The highest BCUT2D eigenvalue weighted by molar-refractivity contribution is 6.02. The topological polar surface area (TPSA) is 26.0 Å². The van der Waals surface area contributed by atoms with E-state index in [1.165, 1.54) is 33.9 Å². The lowest BCUT2D eigenvalue weighted by molar-refractivity contribution is -0.349. The quantitative estimate of drug-likeness (QED) is 0.709. The number of hydrogen-bond acceptors (Lipinski definition) is 1. The summed E-state index contributed by atoms with van der Waals surface area (Å²) in [5, 5.41) is 3.54. The van der Waals surface area contributed by atoms with E-state index in [1.807, 2.05) is 0 Å². The molecular weight excluding hydrogens is 352 g/mol. The first-order valence-electron chi connectivity index (χ1n) is 10.2. The first-order chi connectivity index (χ1) is 13.9. The zero-order valence-corrected chi connectivity index (χ0v) is 17.7. The molecule has 0 aliphatic carbocycles. The second-order valence-electron chi connectivity index (χ2n) is 8.71. The molecule has 4 rings (SSSR count). The van der Waals surface area contributed by atoms with Crippen molar-refractivity contribution in [2.24, 2.45) is 0 Å². The van der Waals surface area contributed by atoms with E-state index >= 15 is 0 Å². The van der Waals surface area contributed by atoms with Crippen molar-refractivity contribution in [3.63, 3.8) is 0 Å². The third-order valence-electron chi connectivity index (χ3n) is 6.06. The highest BCUT2D eigenvalue weighted by Crippen LogP contribution is 2.42. The fourth-order valence-corrected chi connectivity index (χ4v) is 4.16. The van der Waals surface area contributed by atoms with Crippen LogP contribution in [-0.2, 0) is 10.8 Å². The molecule has 0 spiro atoms. The second kappa shape index (κ2) is 7.36. The van der Waals surface area contributed by atoms with Gasteiger partial charge in [-0.25, -0.2) is 4.99 Å². The highest BCUT2D eigenvalue weighted by atomic mass is 14.9. The summed E-state index contributed by atoms with van der Waals surface area (Å²) < 4.78 is 0. The standard InChI is InChI=1S/C27H28N2/c1-26(2)20-14-10-12-16-22(20)28-24(26)18-8-6-5-7-9-19-25-27(3,4)21-15-11-13-17-23(21)29-25/h5-19,28H,1-4H3/p+1/b7-5+,8-6+,19-9+,24-18+. The fraction of sp³-hybridized carbons (Fsp3) is 0.222. The first kappa shape index (κ1) is 19.2. The number of allylic oxidation sites excluding steroid dienone is 8. The normalized spacial score (nSPS) is 20.4. The third-order valence-corrected chi connectivity index (χ3v) is 6.06. The van der Waals surface area contributed by atoms with Gasteiger partial charge in [0.25, 0.3) is 0 Å². The number of para-hydroxylation sites is 2.